The molecule has 0 nitrogen and oxygen atoms in total. The Hall–Kier alpha value is -0.700. The third-order valence-electron chi connectivity index (χ3n) is 1.01. The quantitative estimate of drug-likeness (QED) is 0.452. The van der Waals surface area contributed by atoms with Crippen LogP contribution in [0.1, 0.15) is 27.2 Å². The van der Waals surface area contributed by atoms with Crippen molar-refractivity contribution in [3.8, 4) is 11.8 Å². The maximum atomic E-state index is 2.99. The summed E-state index contributed by atoms with van der Waals surface area (Å²) in [5.74, 6) is 5.84. The van der Waals surface area contributed by atoms with E-state index in [-0.39, 0.29) is 0 Å². The largest absolute Gasteiger partial charge is 0.102 e. The van der Waals surface area contributed by atoms with E-state index in [0.29, 0.717) is 0 Å². The van der Waals surface area contributed by atoms with Gasteiger partial charge in [-0.1, -0.05) is 18.9 Å². The van der Waals surface area contributed by atoms with Gasteiger partial charge in [0.25, 0.3) is 0 Å². The van der Waals surface area contributed by atoms with Gasteiger partial charge >= 0.3 is 0 Å². The Balaban J connectivity index is 3.86. The van der Waals surface area contributed by atoms with Crippen molar-refractivity contribution >= 4 is 0 Å². The minimum Gasteiger partial charge on any atom is -0.102 e. The van der Waals surface area contributed by atoms with Gasteiger partial charge in [-0.3, -0.25) is 0 Å². The first-order chi connectivity index (χ1) is 3.85. The van der Waals surface area contributed by atoms with Crippen LogP contribution in [0.25, 0.3) is 0 Å². The molecule has 0 saturated heterocycles. The molecule has 0 aromatic rings. The zero-order chi connectivity index (χ0) is 6.41. The lowest BCUT2D eigenvalue weighted by atomic mass is 10.2. The summed E-state index contributed by atoms with van der Waals surface area (Å²) in [6.45, 7) is 5.99. The van der Waals surface area contributed by atoms with E-state index in [0.717, 1.165) is 6.42 Å². The van der Waals surface area contributed by atoms with Crippen LogP contribution in [0.2, 0.25) is 0 Å². The highest BCUT2D eigenvalue weighted by Gasteiger charge is 1.79. The molecule has 0 atom stereocenters. The highest BCUT2D eigenvalue weighted by molar-refractivity contribution is 5.26. The number of hydrogen-bond acceptors (Lipinski definition) is 0. The Labute approximate surface area is 51.6 Å². The zero-order valence-corrected chi connectivity index (χ0v) is 5.78. The van der Waals surface area contributed by atoms with Gasteiger partial charge < -0.3 is 0 Å². The number of hydrogen-bond donors (Lipinski definition) is 0. The molecule has 0 N–H and O–H groups in total. The van der Waals surface area contributed by atoms with Crippen LogP contribution in [0.4, 0.5) is 0 Å². The molecule has 0 fully saturated rings. The lowest BCUT2D eigenvalue weighted by Crippen LogP contribution is -1.70. The van der Waals surface area contributed by atoms with Crippen molar-refractivity contribution in [3.63, 3.8) is 0 Å². The summed E-state index contributed by atoms with van der Waals surface area (Å²) in [6.07, 6.45) is 3.10. The molecule has 0 saturated carbocycles. The zero-order valence-electron chi connectivity index (χ0n) is 5.78. The standard InChI is InChI=1S/C8H12/c1-4-7-8(5-2)6-3/h5H,6H2,1-3H3/b8-5-. The lowest BCUT2D eigenvalue weighted by molar-refractivity contribution is 1.16. The summed E-state index contributed by atoms with van der Waals surface area (Å²) < 4.78 is 0. The van der Waals surface area contributed by atoms with Gasteiger partial charge in [0.2, 0.25) is 0 Å². The molecule has 0 aromatic carbocycles. The van der Waals surface area contributed by atoms with Crippen molar-refractivity contribution in [2.45, 2.75) is 27.2 Å². The first-order valence-electron chi connectivity index (χ1n) is 2.93. The van der Waals surface area contributed by atoms with Crippen LogP contribution in [0.15, 0.2) is 11.6 Å². The minimum atomic E-state index is 1.05. The topological polar surface area (TPSA) is 0 Å². The monoisotopic (exact) mass is 108 g/mol. The lowest BCUT2D eigenvalue weighted by Gasteiger charge is -1.86. The number of rotatable bonds is 1. The van der Waals surface area contributed by atoms with Crippen LogP contribution in [-0.2, 0) is 0 Å². The van der Waals surface area contributed by atoms with E-state index in [1.54, 1.807) is 0 Å². The van der Waals surface area contributed by atoms with Crippen molar-refractivity contribution in [1.29, 1.82) is 0 Å². The molecule has 0 rings (SSSR count). The van der Waals surface area contributed by atoms with Crippen LogP contribution in [0.3, 0.4) is 0 Å². The van der Waals surface area contributed by atoms with Gasteiger partial charge in [0.15, 0.2) is 0 Å². The first kappa shape index (κ1) is 7.30. The Morgan fingerprint density at radius 1 is 1.62 bits per heavy atom. The average molecular weight is 108 g/mol. The maximum Gasteiger partial charge on any atom is -0.00234 e. The van der Waals surface area contributed by atoms with Crippen LogP contribution in [0.5, 0.6) is 0 Å². The second kappa shape index (κ2) is 4.46. The van der Waals surface area contributed by atoms with Gasteiger partial charge in [-0.25, -0.2) is 0 Å². The van der Waals surface area contributed by atoms with Crippen molar-refractivity contribution < 1.29 is 0 Å². The summed E-state index contributed by atoms with van der Waals surface area (Å²) in [5.41, 5.74) is 1.23. The molecule has 0 aliphatic carbocycles. The van der Waals surface area contributed by atoms with E-state index in [1.165, 1.54) is 5.57 Å². The molecule has 0 amide bonds. The normalized spacial score (nSPS) is 10.1. The number of allylic oxidation sites excluding steroid dienone is 2. The maximum absolute atomic E-state index is 2.99. The van der Waals surface area contributed by atoms with E-state index < -0.39 is 0 Å². The predicted molar refractivity (Wildman–Crippen MR) is 37.5 cm³/mol. The van der Waals surface area contributed by atoms with Gasteiger partial charge in [-0.05, 0) is 25.8 Å². The molecule has 0 aliphatic rings. The Kier molecular flexibility index (Phi) is 4.07. The molecule has 0 spiro atoms. The summed E-state index contributed by atoms with van der Waals surface area (Å²) in [5, 5.41) is 0. The molecule has 0 heterocycles. The first-order valence-corrected chi connectivity index (χ1v) is 2.93. The third-order valence-corrected chi connectivity index (χ3v) is 1.01. The summed E-state index contributed by atoms with van der Waals surface area (Å²) in [4.78, 5) is 0. The molecule has 0 aliphatic heterocycles. The second-order valence-corrected chi connectivity index (χ2v) is 1.54. The molecule has 8 heavy (non-hydrogen) atoms. The SMILES string of the molecule is CC#C/C(=C\C)CC. The summed E-state index contributed by atoms with van der Waals surface area (Å²) >= 11 is 0. The van der Waals surface area contributed by atoms with Crippen LogP contribution in [0, 0.1) is 11.8 Å². The molecule has 0 aromatic heterocycles. The van der Waals surface area contributed by atoms with Crippen molar-refractivity contribution in [2.75, 3.05) is 0 Å². The fourth-order valence-electron chi connectivity index (χ4n) is 0.525. The van der Waals surface area contributed by atoms with E-state index in [9.17, 15) is 0 Å². The van der Waals surface area contributed by atoms with Crippen LogP contribution in [-0.4, -0.2) is 0 Å². The smallest absolute Gasteiger partial charge is 0.00234 e. The van der Waals surface area contributed by atoms with Crippen LogP contribution >= 0.6 is 0 Å². The molecular weight excluding hydrogens is 96.1 g/mol. The van der Waals surface area contributed by atoms with Gasteiger partial charge in [0, 0.05) is 0 Å². The van der Waals surface area contributed by atoms with Gasteiger partial charge in [0.1, 0.15) is 0 Å². The van der Waals surface area contributed by atoms with E-state index in [4.69, 9.17) is 0 Å². The Morgan fingerprint density at radius 3 is 2.38 bits per heavy atom. The highest BCUT2D eigenvalue weighted by atomic mass is 13.8. The second-order valence-electron chi connectivity index (χ2n) is 1.54. The fourth-order valence-corrected chi connectivity index (χ4v) is 0.525. The molecule has 44 valence electrons. The Bertz CT molecular complexity index is 130. The van der Waals surface area contributed by atoms with Gasteiger partial charge in [0.05, 0.1) is 0 Å². The summed E-state index contributed by atoms with van der Waals surface area (Å²) in [7, 11) is 0. The van der Waals surface area contributed by atoms with Crippen molar-refractivity contribution in [3.05, 3.63) is 11.6 Å². The third kappa shape index (κ3) is 2.47. The average Bonchev–Trinajstić information content (AvgIpc) is 1.83. The summed E-state index contributed by atoms with van der Waals surface area (Å²) in [6, 6.07) is 0. The molecular formula is C8H12. The van der Waals surface area contributed by atoms with E-state index in [1.807, 2.05) is 13.8 Å². The molecule has 0 radical (unpaired) electrons. The van der Waals surface area contributed by atoms with E-state index >= 15 is 0 Å². The molecule has 0 heteroatoms. The van der Waals surface area contributed by atoms with Gasteiger partial charge in [-0.15, -0.1) is 5.92 Å². The predicted octanol–water partition coefficient (Wildman–Crippen LogP) is 2.37. The van der Waals surface area contributed by atoms with Crippen molar-refractivity contribution in [2.24, 2.45) is 0 Å². The van der Waals surface area contributed by atoms with E-state index in [2.05, 4.69) is 24.8 Å². The Morgan fingerprint density at radius 2 is 2.25 bits per heavy atom. The highest BCUT2D eigenvalue weighted by Crippen LogP contribution is 1.95. The minimum absolute atomic E-state index is 1.05. The molecule has 0 unspecified atom stereocenters. The van der Waals surface area contributed by atoms with Crippen LogP contribution < -0.4 is 0 Å². The fraction of sp³-hybridized carbons (Fsp3) is 0.500. The molecule has 0 bridgehead atoms. The van der Waals surface area contributed by atoms with Gasteiger partial charge in [-0.2, -0.15) is 0 Å². The van der Waals surface area contributed by atoms with Crippen molar-refractivity contribution in [1.82, 2.24) is 0 Å².